The van der Waals surface area contributed by atoms with Crippen LogP contribution in [0.1, 0.15) is 17.5 Å². The Balaban J connectivity index is 1.52. The SMILES string of the molecule is COc1cc(C=NNC(=O)CC(=O)Nc2ccc(Cl)c(Cl)c2)ccc1OCc1ccc(Cl)cc1Cl. The first kappa shape index (κ1) is 26.6. The number of methoxy groups -OCH3 is 1. The monoisotopic (exact) mass is 553 g/mol. The van der Waals surface area contributed by atoms with Crippen LogP contribution in [0.3, 0.4) is 0 Å². The van der Waals surface area contributed by atoms with Gasteiger partial charge in [-0.1, -0.05) is 52.5 Å². The summed E-state index contributed by atoms with van der Waals surface area (Å²) in [7, 11) is 1.51. The fourth-order valence-corrected chi connectivity index (χ4v) is 3.58. The average molecular weight is 555 g/mol. The van der Waals surface area contributed by atoms with Crippen LogP contribution in [0, 0.1) is 0 Å². The number of halogens is 4. The second-order valence-electron chi connectivity index (χ2n) is 7.08. The molecule has 0 spiro atoms. The smallest absolute Gasteiger partial charge is 0.249 e. The molecule has 2 amide bonds. The molecule has 2 N–H and O–H groups in total. The Morgan fingerprint density at radius 2 is 1.69 bits per heavy atom. The zero-order valence-electron chi connectivity index (χ0n) is 18.3. The van der Waals surface area contributed by atoms with E-state index < -0.39 is 18.2 Å². The van der Waals surface area contributed by atoms with Gasteiger partial charge in [-0.05, 0) is 54.1 Å². The van der Waals surface area contributed by atoms with Crippen molar-refractivity contribution in [1.29, 1.82) is 0 Å². The molecular weight excluding hydrogens is 536 g/mol. The summed E-state index contributed by atoms with van der Waals surface area (Å²) < 4.78 is 11.2. The van der Waals surface area contributed by atoms with Gasteiger partial charge in [0.05, 0.1) is 23.4 Å². The van der Waals surface area contributed by atoms with Crippen LogP contribution in [0.25, 0.3) is 0 Å². The summed E-state index contributed by atoms with van der Waals surface area (Å²) in [5, 5.41) is 8.13. The van der Waals surface area contributed by atoms with Crippen LogP contribution in [-0.4, -0.2) is 25.1 Å². The van der Waals surface area contributed by atoms with Crippen molar-refractivity contribution in [2.24, 2.45) is 5.10 Å². The summed E-state index contributed by atoms with van der Waals surface area (Å²) in [6.45, 7) is 0.222. The highest BCUT2D eigenvalue weighted by molar-refractivity contribution is 6.42. The van der Waals surface area contributed by atoms with Crippen LogP contribution in [0.5, 0.6) is 11.5 Å². The van der Waals surface area contributed by atoms with Gasteiger partial charge in [-0.25, -0.2) is 5.43 Å². The van der Waals surface area contributed by atoms with Crippen molar-refractivity contribution in [3.8, 4) is 11.5 Å². The van der Waals surface area contributed by atoms with Crippen molar-refractivity contribution < 1.29 is 19.1 Å². The summed E-state index contributed by atoms with van der Waals surface area (Å²) in [6.07, 6.45) is 0.984. The van der Waals surface area contributed by atoms with Crippen LogP contribution in [0.2, 0.25) is 20.1 Å². The standard InChI is InChI=1S/C24H19Cl4N3O4/c1-34-22-8-14(2-7-21(22)35-13-15-3-4-16(25)9-19(15)27)12-29-31-24(33)11-23(32)30-17-5-6-18(26)20(28)10-17/h2-10,12H,11,13H2,1H3,(H,30,32)(H,31,33). The molecule has 0 saturated heterocycles. The molecule has 3 aromatic carbocycles. The third-order valence-corrected chi connectivity index (χ3v) is 5.84. The normalized spacial score (nSPS) is 10.8. The predicted octanol–water partition coefficient (Wildman–Crippen LogP) is 6.37. The van der Waals surface area contributed by atoms with Gasteiger partial charge in [0.1, 0.15) is 13.0 Å². The quantitative estimate of drug-likeness (QED) is 0.183. The molecule has 3 rings (SSSR count). The number of carbonyl (C=O) groups is 2. The van der Waals surface area contributed by atoms with E-state index in [0.717, 1.165) is 5.56 Å². The number of anilines is 1. The molecule has 0 unspecified atom stereocenters. The Morgan fingerprint density at radius 3 is 2.40 bits per heavy atom. The fourth-order valence-electron chi connectivity index (χ4n) is 2.82. The maximum atomic E-state index is 12.0. The molecule has 0 saturated carbocycles. The predicted molar refractivity (Wildman–Crippen MR) is 139 cm³/mol. The van der Waals surface area contributed by atoms with E-state index in [2.05, 4.69) is 15.8 Å². The Labute approximate surface area is 221 Å². The Morgan fingerprint density at radius 1 is 0.886 bits per heavy atom. The van der Waals surface area contributed by atoms with Gasteiger partial charge in [0, 0.05) is 21.3 Å². The minimum absolute atomic E-state index is 0.222. The number of rotatable bonds is 9. The number of hydrazone groups is 1. The second kappa shape index (κ2) is 12.7. The lowest BCUT2D eigenvalue weighted by atomic mass is 10.2. The van der Waals surface area contributed by atoms with Crippen LogP contribution in [0.15, 0.2) is 59.7 Å². The van der Waals surface area contributed by atoms with Crippen molar-refractivity contribution in [3.05, 3.63) is 85.8 Å². The first-order chi connectivity index (χ1) is 16.7. The first-order valence-electron chi connectivity index (χ1n) is 10.1. The van der Waals surface area contributed by atoms with Gasteiger partial charge in [-0.2, -0.15) is 5.10 Å². The maximum Gasteiger partial charge on any atom is 0.249 e. The molecule has 0 bridgehead atoms. The van der Waals surface area contributed by atoms with Gasteiger partial charge in [-0.15, -0.1) is 0 Å². The molecule has 0 atom stereocenters. The zero-order chi connectivity index (χ0) is 25.4. The number of hydrogen-bond acceptors (Lipinski definition) is 5. The number of nitrogens with zero attached hydrogens (tertiary/aromatic N) is 1. The molecule has 11 heteroatoms. The third kappa shape index (κ3) is 8.04. The summed E-state index contributed by atoms with van der Waals surface area (Å²) in [6, 6.07) is 14.9. The van der Waals surface area contributed by atoms with Crippen LogP contribution >= 0.6 is 46.4 Å². The highest BCUT2D eigenvalue weighted by atomic mass is 35.5. The summed E-state index contributed by atoms with van der Waals surface area (Å²) >= 11 is 23.8. The van der Waals surface area contributed by atoms with Gasteiger partial charge in [0.25, 0.3) is 0 Å². The van der Waals surface area contributed by atoms with Gasteiger partial charge >= 0.3 is 0 Å². The fraction of sp³-hybridized carbons (Fsp3) is 0.125. The molecule has 0 aliphatic rings. The molecule has 182 valence electrons. The number of hydrogen-bond donors (Lipinski definition) is 2. The number of amides is 2. The number of benzene rings is 3. The number of ether oxygens (including phenoxy) is 2. The van der Waals surface area contributed by atoms with Crippen molar-refractivity contribution in [1.82, 2.24) is 5.43 Å². The van der Waals surface area contributed by atoms with E-state index in [4.69, 9.17) is 55.9 Å². The van der Waals surface area contributed by atoms with Crippen molar-refractivity contribution in [2.45, 2.75) is 13.0 Å². The molecule has 35 heavy (non-hydrogen) atoms. The van der Waals surface area contributed by atoms with E-state index in [1.54, 1.807) is 48.5 Å². The average Bonchev–Trinajstić information content (AvgIpc) is 2.81. The largest absolute Gasteiger partial charge is 0.493 e. The third-order valence-electron chi connectivity index (χ3n) is 4.51. The van der Waals surface area contributed by atoms with E-state index in [-0.39, 0.29) is 6.61 Å². The van der Waals surface area contributed by atoms with Gasteiger partial charge in [-0.3, -0.25) is 9.59 Å². The molecule has 7 nitrogen and oxygen atoms in total. The summed E-state index contributed by atoms with van der Waals surface area (Å²) in [5.41, 5.74) is 4.14. The minimum Gasteiger partial charge on any atom is -0.493 e. The van der Waals surface area contributed by atoms with Gasteiger partial charge < -0.3 is 14.8 Å². The Bertz CT molecular complexity index is 1270. The van der Waals surface area contributed by atoms with Crippen LogP contribution in [0.4, 0.5) is 5.69 Å². The Hall–Kier alpha value is -2.97. The van der Waals surface area contributed by atoms with E-state index in [1.807, 2.05) is 0 Å². The van der Waals surface area contributed by atoms with E-state index in [1.165, 1.54) is 19.4 Å². The number of nitrogens with one attached hydrogen (secondary N) is 2. The lowest BCUT2D eigenvalue weighted by molar-refractivity contribution is -0.126. The Kier molecular flexibility index (Phi) is 9.63. The van der Waals surface area contributed by atoms with E-state index >= 15 is 0 Å². The lowest BCUT2D eigenvalue weighted by Crippen LogP contribution is -2.24. The molecule has 0 heterocycles. The second-order valence-corrected chi connectivity index (χ2v) is 8.74. The molecule has 0 aliphatic heterocycles. The van der Waals surface area contributed by atoms with Crippen molar-refractivity contribution in [3.63, 3.8) is 0 Å². The molecule has 3 aromatic rings. The van der Waals surface area contributed by atoms with Crippen molar-refractivity contribution in [2.75, 3.05) is 12.4 Å². The van der Waals surface area contributed by atoms with Crippen LogP contribution in [-0.2, 0) is 16.2 Å². The molecule has 0 fully saturated rings. The maximum absolute atomic E-state index is 12.0. The summed E-state index contributed by atoms with van der Waals surface area (Å²) in [5.74, 6) is -0.157. The number of carbonyl (C=O) groups excluding carboxylic acids is 2. The van der Waals surface area contributed by atoms with E-state index in [9.17, 15) is 9.59 Å². The highest BCUT2D eigenvalue weighted by Crippen LogP contribution is 2.30. The molecule has 0 aliphatic carbocycles. The van der Waals surface area contributed by atoms with E-state index in [0.29, 0.717) is 42.8 Å². The molecule has 0 radical (unpaired) electrons. The zero-order valence-corrected chi connectivity index (χ0v) is 21.3. The topological polar surface area (TPSA) is 89.0 Å². The van der Waals surface area contributed by atoms with Gasteiger partial charge in [0.2, 0.25) is 11.8 Å². The minimum atomic E-state index is -0.592. The summed E-state index contributed by atoms with van der Waals surface area (Å²) in [4.78, 5) is 24.0. The van der Waals surface area contributed by atoms with Crippen molar-refractivity contribution >= 4 is 70.1 Å². The van der Waals surface area contributed by atoms with Crippen LogP contribution < -0.4 is 20.2 Å². The van der Waals surface area contributed by atoms with Gasteiger partial charge in [0.15, 0.2) is 11.5 Å². The lowest BCUT2D eigenvalue weighted by Gasteiger charge is -2.12. The highest BCUT2D eigenvalue weighted by Gasteiger charge is 2.11. The first-order valence-corrected chi connectivity index (χ1v) is 11.6. The molecule has 0 aromatic heterocycles. The molecular formula is C24H19Cl4N3O4.